The van der Waals surface area contributed by atoms with Crippen LogP contribution in [0, 0.1) is 5.92 Å². The van der Waals surface area contributed by atoms with Gasteiger partial charge in [-0.25, -0.2) is 8.42 Å². The topological polar surface area (TPSA) is 59.3 Å². The van der Waals surface area contributed by atoms with Crippen molar-refractivity contribution in [1.82, 2.24) is 5.32 Å². The van der Waals surface area contributed by atoms with Gasteiger partial charge in [0.05, 0.1) is 11.8 Å². The summed E-state index contributed by atoms with van der Waals surface area (Å²) in [4.78, 5) is 0. The van der Waals surface area contributed by atoms with E-state index < -0.39 is 9.84 Å². The maximum atomic E-state index is 11.2. The van der Waals surface area contributed by atoms with E-state index in [9.17, 15) is 8.42 Å². The summed E-state index contributed by atoms with van der Waals surface area (Å²) in [5.74, 6) is 1.15. The monoisotopic (exact) mass is 295 g/mol. The van der Waals surface area contributed by atoms with Crippen molar-refractivity contribution in [3.8, 4) is 0 Å². The molecule has 4 nitrogen and oxygen atoms in total. The standard InChI is InChI=1S/C15H21NO3S/c1-11(10-20(3,17)18)9-16-12(2)15-8-13-6-4-5-7-14(13)19-15/h4-8,11-12,16H,9-10H2,1-3H3/t11-,12+/m0/s1. The predicted octanol–water partition coefficient (Wildman–Crippen LogP) is 2.76. The van der Waals surface area contributed by atoms with Gasteiger partial charge in [0.2, 0.25) is 0 Å². The molecule has 0 amide bonds. The van der Waals surface area contributed by atoms with Crippen LogP contribution in [0.4, 0.5) is 0 Å². The highest BCUT2D eigenvalue weighted by Crippen LogP contribution is 2.23. The van der Waals surface area contributed by atoms with Gasteiger partial charge in [-0.3, -0.25) is 0 Å². The van der Waals surface area contributed by atoms with Gasteiger partial charge in [-0.05, 0) is 31.5 Å². The first-order valence-electron chi connectivity index (χ1n) is 6.75. The van der Waals surface area contributed by atoms with Crippen LogP contribution in [0.1, 0.15) is 25.6 Å². The highest BCUT2D eigenvalue weighted by atomic mass is 32.2. The molecule has 0 fully saturated rings. The molecule has 1 aromatic heterocycles. The molecule has 0 aliphatic rings. The van der Waals surface area contributed by atoms with Gasteiger partial charge < -0.3 is 9.73 Å². The fraction of sp³-hybridized carbons (Fsp3) is 0.467. The molecule has 0 spiro atoms. The van der Waals surface area contributed by atoms with Gasteiger partial charge in [-0.2, -0.15) is 0 Å². The second-order valence-corrected chi connectivity index (χ2v) is 7.70. The minimum absolute atomic E-state index is 0.0596. The Balaban J connectivity index is 1.96. The lowest BCUT2D eigenvalue weighted by atomic mass is 10.2. The van der Waals surface area contributed by atoms with Crippen molar-refractivity contribution in [3.05, 3.63) is 36.1 Å². The molecular weight excluding hydrogens is 274 g/mol. The van der Waals surface area contributed by atoms with Crippen LogP contribution < -0.4 is 5.32 Å². The summed E-state index contributed by atoms with van der Waals surface area (Å²) >= 11 is 0. The molecule has 20 heavy (non-hydrogen) atoms. The van der Waals surface area contributed by atoms with Crippen LogP contribution in [0.25, 0.3) is 11.0 Å². The van der Waals surface area contributed by atoms with Gasteiger partial charge in [0.15, 0.2) is 0 Å². The highest BCUT2D eigenvalue weighted by Gasteiger charge is 2.14. The second-order valence-electron chi connectivity index (χ2n) is 5.51. The van der Waals surface area contributed by atoms with E-state index in [1.54, 1.807) is 0 Å². The average Bonchev–Trinajstić information content (AvgIpc) is 2.77. The smallest absolute Gasteiger partial charge is 0.147 e. The van der Waals surface area contributed by atoms with Crippen molar-refractivity contribution >= 4 is 20.8 Å². The molecule has 5 heteroatoms. The quantitative estimate of drug-likeness (QED) is 0.890. The van der Waals surface area contributed by atoms with E-state index in [-0.39, 0.29) is 17.7 Å². The summed E-state index contributed by atoms with van der Waals surface area (Å²) in [6, 6.07) is 9.97. The minimum atomic E-state index is -2.92. The maximum Gasteiger partial charge on any atom is 0.147 e. The predicted molar refractivity (Wildman–Crippen MR) is 81.5 cm³/mol. The van der Waals surface area contributed by atoms with Crippen LogP contribution in [-0.2, 0) is 9.84 Å². The molecule has 2 rings (SSSR count). The van der Waals surface area contributed by atoms with E-state index in [1.807, 2.05) is 44.2 Å². The van der Waals surface area contributed by atoms with Crippen molar-refractivity contribution in [3.63, 3.8) is 0 Å². The third kappa shape index (κ3) is 4.08. The number of sulfone groups is 1. The molecule has 0 radical (unpaired) electrons. The Hall–Kier alpha value is -1.33. The first-order chi connectivity index (χ1) is 9.35. The van der Waals surface area contributed by atoms with Gasteiger partial charge in [-0.15, -0.1) is 0 Å². The van der Waals surface area contributed by atoms with Gasteiger partial charge in [-0.1, -0.05) is 25.1 Å². The lowest BCUT2D eigenvalue weighted by molar-refractivity contribution is 0.426. The van der Waals surface area contributed by atoms with Crippen LogP contribution in [0.15, 0.2) is 34.7 Å². The Morgan fingerprint density at radius 1 is 1.25 bits per heavy atom. The number of para-hydroxylation sites is 1. The van der Waals surface area contributed by atoms with Crippen molar-refractivity contribution in [2.45, 2.75) is 19.9 Å². The van der Waals surface area contributed by atoms with E-state index >= 15 is 0 Å². The van der Waals surface area contributed by atoms with Gasteiger partial charge in [0.25, 0.3) is 0 Å². The Bertz CT molecular complexity index is 642. The zero-order chi connectivity index (χ0) is 14.8. The normalized spacial score (nSPS) is 15.3. The number of nitrogens with one attached hydrogen (secondary N) is 1. The van der Waals surface area contributed by atoms with E-state index in [1.165, 1.54) is 6.26 Å². The molecule has 0 aliphatic heterocycles. The molecule has 1 N–H and O–H groups in total. The largest absolute Gasteiger partial charge is 0.459 e. The fourth-order valence-corrected chi connectivity index (χ4v) is 3.42. The maximum absolute atomic E-state index is 11.2. The van der Waals surface area contributed by atoms with Gasteiger partial charge >= 0.3 is 0 Å². The molecule has 2 aromatic rings. The molecule has 0 saturated heterocycles. The second kappa shape index (κ2) is 5.97. The Labute approximate surface area is 120 Å². The van der Waals surface area contributed by atoms with Gasteiger partial charge in [0.1, 0.15) is 21.2 Å². The number of rotatable bonds is 6. The lowest BCUT2D eigenvalue weighted by Gasteiger charge is -2.15. The Morgan fingerprint density at radius 3 is 2.60 bits per heavy atom. The SMILES string of the molecule is C[C@@H](CN[C@H](C)c1cc2ccccc2o1)CS(C)(=O)=O. The number of benzene rings is 1. The molecule has 0 saturated carbocycles. The van der Waals surface area contributed by atoms with Gasteiger partial charge in [0, 0.05) is 11.6 Å². The van der Waals surface area contributed by atoms with Crippen molar-refractivity contribution in [1.29, 1.82) is 0 Å². The minimum Gasteiger partial charge on any atom is -0.459 e. The molecule has 1 heterocycles. The van der Waals surface area contributed by atoms with Crippen molar-refractivity contribution in [2.24, 2.45) is 5.92 Å². The van der Waals surface area contributed by atoms with Crippen molar-refractivity contribution in [2.75, 3.05) is 18.6 Å². The molecular formula is C15H21NO3S. The lowest BCUT2D eigenvalue weighted by Crippen LogP contribution is -2.28. The Kier molecular flexibility index (Phi) is 4.50. The third-order valence-corrected chi connectivity index (χ3v) is 4.41. The molecule has 0 unspecified atom stereocenters. The first kappa shape index (κ1) is 15.1. The van der Waals surface area contributed by atoms with Crippen LogP contribution in [0.2, 0.25) is 0 Å². The van der Waals surface area contributed by atoms with Crippen LogP contribution in [-0.4, -0.2) is 27.0 Å². The van der Waals surface area contributed by atoms with E-state index in [0.29, 0.717) is 6.54 Å². The summed E-state index contributed by atoms with van der Waals surface area (Å²) in [5, 5.41) is 4.41. The molecule has 110 valence electrons. The zero-order valence-corrected chi connectivity index (χ0v) is 12.9. The van der Waals surface area contributed by atoms with E-state index in [2.05, 4.69) is 5.32 Å². The summed E-state index contributed by atoms with van der Waals surface area (Å²) < 4.78 is 28.2. The summed E-state index contributed by atoms with van der Waals surface area (Å²) in [7, 11) is -2.92. The number of hydrogen-bond donors (Lipinski definition) is 1. The van der Waals surface area contributed by atoms with Crippen LogP contribution >= 0.6 is 0 Å². The summed E-state index contributed by atoms with van der Waals surface area (Å²) in [6.45, 7) is 4.59. The van der Waals surface area contributed by atoms with Crippen LogP contribution in [0.3, 0.4) is 0 Å². The van der Waals surface area contributed by atoms with Crippen molar-refractivity contribution < 1.29 is 12.8 Å². The summed E-state index contributed by atoms with van der Waals surface area (Å²) in [6.07, 6.45) is 1.27. The number of furan rings is 1. The highest BCUT2D eigenvalue weighted by molar-refractivity contribution is 7.90. The molecule has 0 aliphatic carbocycles. The summed E-state index contributed by atoms with van der Waals surface area (Å²) in [5.41, 5.74) is 0.875. The molecule has 1 aromatic carbocycles. The van der Waals surface area contributed by atoms with E-state index in [0.717, 1.165) is 16.7 Å². The first-order valence-corrected chi connectivity index (χ1v) is 8.81. The Morgan fingerprint density at radius 2 is 1.95 bits per heavy atom. The number of hydrogen-bond acceptors (Lipinski definition) is 4. The average molecular weight is 295 g/mol. The molecule has 0 bridgehead atoms. The number of fused-ring (bicyclic) bond motifs is 1. The fourth-order valence-electron chi connectivity index (χ4n) is 2.27. The zero-order valence-electron chi connectivity index (χ0n) is 12.1. The van der Waals surface area contributed by atoms with E-state index in [4.69, 9.17) is 4.42 Å². The molecule has 2 atom stereocenters. The third-order valence-electron chi connectivity index (χ3n) is 3.23. The van der Waals surface area contributed by atoms with Crippen LogP contribution in [0.5, 0.6) is 0 Å².